The van der Waals surface area contributed by atoms with E-state index in [1.165, 1.54) is 6.39 Å². The summed E-state index contributed by atoms with van der Waals surface area (Å²) >= 11 is 5.85. The molecule has 1 unspecified atom stereocenters. The fourth-order valence-corrected chi connectivity index (χ4v) is 1.56. The van der Waals surface area contributed by atoms with Gasteiger partial charge in [-0.3, -0.25) is 0 Å². The highest BCUT2D eigenvalue weighted by molar-refractivity contribution is 6.30. The molecule has 5 nitrogen and oxygen atoms in total. The van der Waals surface area contributed by atoms with Crippen molar-refractivity contribution in [1.29, 1.82) is 0 Å². The van der Waals surface area contributed by atoms with E-state index in [1.807, 2.05) is 0 Å². The first-order chi connectivity index (χ1) is 8.16. The molecule has 0 aliphatic carbocycles. The second-order valence-corrected chi connectivity index (χ2v) is 3.93. The molecule has 0 spiro atoms. The largest absolute Gasteiger partial charge is 0.485 e. The lowest BCUT2D eigenvalue weighted by Gasteiger charge is -2.12. The number of halogens is 1. The van der Waals surface area contributed by atoms with Crippen molar-refractivity contribution in [2.24, 2.45) is 0 Å². The van der Waals surface area contributed by atoms with Crippen molar-refractivity contribution in [2.45, 2.75) is 19.6 Å². The van der Waals surface area contributed by atoms with E-state index in [0.29, 0.717) is 22.2 Å². The molecule has 0 bridgehead atoms. The van der Waals surface area contributed by atoms with Crippen LogP contribution in [0.4, 0.5) is 0 Å². The van der Waals surface area contributed by atoms with Crippen molar-refractivity contribution in [3.05, 3.63) is 41.0 Å². The summed E-state index contributed by atoms with van der Waals surface area (Å²) in [5.74, 6) is 0.991. The molecule has 6 heteroatoms. The number of aliphatic hydroxyl groups is 1. The van der Waals surface area contributed by atoms with Gasteiger partial charge in [-0.1, -0.05) is 16.8 Å². The second-order valence-electron chi connectivity index (χ2n) is 3.49. The number of aliphatic hydroxyl groups excluding tert-OH is 1. The number of hydrogen-bond acceptors (Lipinski definition) is 5. The van der Waals surface area contributed by atoms with Gasteiger partial charge in [0.15, 0.2) is 6.61 Å². The Morgan fingerprint density at radius 3 is 3.00 bits per heavy atom. The highest BCUT2D eigenvalue weighted by Crippen LogP contribution is 2.28. The highest BCUT2D eigenvalue weighted by atomic mass is 35.5. The van der Waals surface area contributed by atoms with Crippen LogP contribution in [-0.4, -0.2) is 15.2 Å². The zero-order valence-corrected chi connectivity index (χ0v) is 9.89. The van der Waals surface area contributed by atoms with Crippen LogP contribution in [-0.2, 0) is 6.61 Å². The van der Waals surface area contributed by atoms with Crippen molar-refractivity contribution in [1.82, 2.24) is 10.1 Å². The highest BCUT2D eigenvalue weighted by Gasteiger charge is 2.11. The summed E-state index contributed by atoms with van der Waals surface area (Å²) in [5, 5.41) is 13.8. The first kappa shape index (κ1) is 11.9. The third-order valence-corrected chi connectivity index (χ3v) is 2.42. The summed E-state index contributed by atoms with van der Waals surface area (Å²) < 4.78 is 10.1. The molecule has 1 atom stereocenters. The van der Waals surface area contributed by atoms with Crippen molar-refractivity contribution >= 4 is 11.6 Å². The molecule has 0 aliphatic rings. The summed E-state index contributed by atoms with van der Waals surface area (Å²) in [5.41, 5.74) is 0.626. The lowest BCUT2D eigenvalue weighted by atomic mass is 10.1. The normalized spacial score (nSPS) is 12.4. The van der Waals surface area contributed by atoms with E-state index >= 15 is 0 Å². The molecule has 2 rings (SSSR count). The molecule has 0 aliphatic heterocycles. The SMILES string of the molecule is CC(O)c1cc(Cl)ccc1OCc1ncon1. The minimum Gasteiger partial charge on any atom is -0.485 e. The third-order valence-electron chi connectivity index (χ3n) is 2.19. The van der Waals surface area contributed by atoms with Crippen LogP contribution in [0.25, 0.3) is 0 Å². The van der Waals surface area contributed by atoms with Crippen LogP contribution in [0.5, 0.6) is 5.75 Å². The number of hydrogen-bond donors (Lipinski definition) is 1. The van der Waals surface area contributed by atoms with Crippen LogP contribution in [0.3, 0.4) is 0 Å². The summed E-state index contributed by atoms with van der Waals surface area (Å²) in [6.45, 7) is 1.82. The van der Waals surface area contributed by atoms with E-state index < -0.39 is 6.10 Å². The van der Waals surface area contributed by atoms with E-state index in [9.17, 15) is 5.11 Å². The Balaban J connectivity index is 2.14. The minimum absolute atomic E-state index is 0.178. The van der Waals surface area contributed by atoms with Gasteiger partial charge in [0.2, 0.25) is 12.2 Å². The number of nitrogens with zero attached hydrogens (tertiary/aromatic N) is 2. The van der Waals surface area contributed by atoms with Gasteiger partial charge < -0.3 is 14.4 Å². The van der Waals surface area contributed by atoms with Gasteiger partial charge >= 0.3 is 0 Å². The van der Waals surface area contributed by atoms with Crippen LogP contribution in [0.15, 0.2) is 29.1 Å². The molecule has 90 valence electrons. The van der Waals surface area contributed by atoms with E-state index in [-0.39, 0.29) is 6.61 Å². The molecule has 0 amide bonds. The molecule has 17 heavy (non-hydrogen) atoms. The lowest BCUT2D eigenvalue weighted by molar-refractivity contribution is 0.189. The van der Waals surface area contributed by atoms with Crippen molar-refractivity contribution in [2.75, 3.05) is 0 Å². The van der Waals surface area contributed by atoms with Gasteiger partial charge in [-0.25, -0.2) is 0 Å². The maximum absolute atomic E-state index is 9.60. The maximum atomic E-state index is 9.60. The number of aromatic nitrogens is 2. The summed E-state index contributed by atoms with van der Waals surface area (Å²) in [7, 11) is 0. The molecule has 1 aromatic carbocycles. The fraction of sp³-hybridized carbons (Fsp3) is 0.273. The Labute approximate surface area is 103 Å². The van der Waals surface area contributed by atoms with Gasteiger partial charge in [-0.05, 0) is 25.1 Å². The molecule has 1 heterocycles. The van der Waals surface area contributed by atoms with Crippen molar-refractivity contribution in [3.63, 3.8) is 0 Å². The van der Waals surface area contributed by atoms with Crippen LogP contribution in [0, 0.1) is 0 Å². The number of benzene rings is 1. The Kier molecular flexibility index (Phi) is 3.61. The lowest BCUT2D eigenvalue weighted by Crippen LogP contribution is -2.02. The summed E-state index contributed by atoms with van der Waals surface area (Å²) in [6.07, 6.45) is 0.574. The zero-order chi connectivity index (χ0) is 12.3. The van der Waals surface area contributed by atoms with Crippen molar-refractivity contribution in [3.8, 4) is 5.75 Å². The number of rotatable bonds is 4. The zero-order valence-electron chi connectivity index (χ0n) is 9.13. The van der Waals surface area contributed by atoms with Gasteiger partial charge in [-0.2, -0.15) is 4.98 Å². The smallest absolute Gasteiger partial charge is 0.213 e. The molecular formula is C11H11ClN2O3. The van der Waals surface area contributed by atoms with E-state index in [4.69, 9.17) is 16.3 Å². The van der Waals surface area contributed by atoms with Gasteiger partial charge in [-0.15, -0.1) is 0 Å². The minimum atomic E-state index is -0.658. The van der Waals surface area contributed by atoms with Crippen LogP contribution in [0.1, 0.15) is 24.4 Å². The Bertz CT molecular complexity index is 485. The molecule has 0 fully saturated rings. The van der Waals surface area contributed by atoms with Crippen LogP contribution >= 0.6 is 11.6 Å². The van der Waals surface area contributed by atoms with Gasteiger partial charge in [0.05, 0.1) is 6.10 Å². The van der Waals surface area contributed by atoms with Crippen molar-refractivity contribution < 1.29 is 14.4 Å². The standard InChI is InChI=1S/C11H11ClN2O3/c1-7(15)9-4-8(12)2-3-10(9)16-5-11-13-6-17-14-11/h2-4,6-7,15H,5H2,1H3. The van der Waals surface area contributed by atoms with Crippen LogP contribution < -0.4 is 4.74 Å². The van der Waals surface area contributed by atoms with Gasteiger partial charge in [0.25, 0.3) is 0 Å². The van der Waals surface area contributed by atoms with Crippen LogP contribution in [0.2, 0.25) is 5.02 Å². The molecular weight excluding hydrogens is 244 g/mol. The molecule has 1 aromatic heterocycles. The first-order valence-electron chi connectivity index (χ1n) is 5.02. The average Bonchev–Trinajstić information content (AvgIpc) is 2.80. The Morgan fingerprint density at radius 1 is 1.53 bits per heavy atom. The molecule has 0 saturated carbocycles. The topological polar surface area (TPSA) is 68.4 Å². The first-order valence-corrected chi connectivity index (χ1v) is 5.40. The van der Waals surface area contributed by atoms with E-state index in [2.05, 4.69) is 14.7 Å². The maximum Gasteiger partial charge on any atom is 0.213 e. The average molecular weight is 255 g/mol. The molecule has 2 aromatic rings. The van der Waals surface area contributed by atoms with E-state index in [1.54, 1.807) is 25.1 Å². The summed E-state index contributed by atoms with van der Waals surface area (Å²) in [6, 6.07) is 5.06. The second kappa shape index (κ2) is 5.16. The Morgan fingerprint density at radius 2 is 2.35 bits per heavy atom. The monoisotopic (exact) mass is 254 g/mol. The molecule has 0 radical (unpaired) electrons. The quantitative estimate of drug-likeness (QED) is 0.907. The van der Waals surface area contributed by atoms with Gasteiger partial charge in [0.1, 0.15) is 5.75 Å². The predicted molar refractivity (Wildman–Crippen MR) is 60.7 cm³/mol. The fourth-order valence-electron chi connectivity index (χ4n) is 1.38. The molecule has 1 N–H and O–H groups in total. The van der Waals surface area contributed by atoms with Gasteiger partial charge in [0, 0.05) is 10.6 Å². The van der Waals surface area contributed by atoms with E-state index in [0.717, 1.165) is 0 Å². The number of ether oxygens (including phenoxy) is 1. The Hall–Kier alpha value is -1.59. The predicted octanol–water partition coefficient (Wildman–Crippen LogP) is 2.36. The molecule has 0 saturated heterocycles. The summed E-state index contributed by atoms with van der Waals surface area (Å²) in [4.78, 5) is 3.83. The third kappa shape index (κ3) is 2.95.